The Morgan fingerprint density at radius 2 is 2.24 bits per heavy atom. The smallest absolute Gasteiger partial charge is 0.261 e. The quantitative estimate of drug-likeness (QED) is 0.420. The fourth-order valence-corrected chi connectivity index (χ4v) is 3.74. The molecule has 0 bridgehead atoms. The molecule has 33 heavy (non-hydrogen) atoms. The number of aromatic amines is 1. The average molecular weight is 448 g/mol. The van der Waals surface area contributed by atoms with Gasteiger partial charge in [0.15, 0.2) is 0 Å². The summed E-state index contributed by atoms with van der Waals surface area (Å²) in [7, 11) is 1.57. The molecule has 1 aromatic carbocycles. The molecule has 8 nitrogen and oxygen atoms in total. The molecule has 0 saturated carbocycles. The Morgan fingerprint density at radius 3 is 2.94 bits per heavy atom. The molecule has 1 fully saturated rings. The van der Waals surface area contributed by atoms with Crippen LogP contribution in [0.3, 0.4) is 0 Å². The van der Waals surface area contributed by atoms with Gasteiger partial charge in [-0.25, -0.2) is 4.98 Å². The molecule has 3 rings (SSSR count). The monoisotopic (exact) mass is 447 g/mol. The number of amides is 1. The van der Waals surface area contributed by atoms with Gasteiger partial charge in [-0.2, -0.15) is 0 Å². The van der Waals surface area contributed by atoms with Gasteiger partial charge in [0.25, 0.3) is 11.5 Å². The van der Waals surface area contributed by atoms with Crippen LogP contribution in [-0.4, -0.2) is 47.2 Å². The number of anilines is 1. The summed E-state index contributed by atoms with van der Waals surface area (Å²) in [5, 5.41) is 10.7. The van der Waals surface area contributed by atoms with Crippen molar-refractivity contribution < 1.29 is 9.53 Å². The van der Waals surface area contributed by atoms with Crippen molar-refractivity contribution in [2.75, 3.05) is 25.5 Å². The summed E-state index contributed by atoms with van der Waals surface area (Å²) < 4.78 is 5.23. The van der Waals surface area contributed by atoms with Crippen LogP contribution in [0.25, 0.3) is 0 Å². The first-order chi connectivity index (χ1) is 16.0. The molecule has 1 aliphatic heterocycles. The molecule has 0 spiro atoms. The number of nitrogens with zero attached hydrogens (tertiary/aromatic N) is 2. The summed E-state index contributed by atoms with van der Waals surface area (Å²) in [4.78, 5) is 35.0. The second kappa shape index (κ2) is 11.1. The van der Waals surface area contributed by atoms with E-state index in [-0.39, 0.29) is 23.2 Å². The number of allylic oxidation sites excluding steroid dienone is 4. The van der Waals surface area contributed by atoms with Gasteiger partial charge in [0.1, 0.15) is 17.4 Å². The van der Waals surface area contributed by atoms with Crippen molar-refractivity contribution in [2.24, 2.45) is 0 Å². The van der Waals surface area contributed by atoms with Gasteiger partial charge in [0.05, 0.1) is 12.7 Å². The summed E-state index contributed by atoms with van der Waals surface area (Å²) in [6, 6.07) is 7.08. The molecule has 172 valence electrons. The number of hydrogen-bond donors (Lipinski definition) is 3. The van der Waals surface area contributed by atoms with Crippen molar-refractivity contribution in [3.63, 3.8) is 0 Å². The Morgan fingerprint density at radius 1 is 1.42 bits per heavy atom. The van der Waals surface area contributed by atoms with E-state index in [4.69, 9.17) is 10.1 Å². The van der Waals surface area contributed by atoms with Crippen LogP contribution in [0.5, 0.6) is 5.75 Å². The Hall–Kier alpha value is -3.94. The molecule has 1 amide bonds. The molecule has 1 unspecified atom stereocenters. The van der Waals surface area contributed by atoms with Crippen molar-refractivity contribution in [2.45, 2.75) is 25.7 Å². The largest absolute Gasteiger partial charge is 0.497 e. The van der Waals surface area contributed by atoms with Gasteiger partial charge in [0.2, 0.25) is 0 Å². The number of carbonyl (C=O) groups is 1. The molecule has 2 aromatic rings. The van der Waals surface area contributed by atoms with E-state index in [0.29, 0.717) is 35.9 Å². The number of aromatic nitrogens is 2. The first kappa shape index (κ1) is 23.7. The number of piperidine rings is 1. The fraction of sp³-hybridized carbons (Fsp3) is 0.280. The maximum Gasteiger partial charge on any atom is 0.261 e. The van der Waals surface area contributed by atoms with E-state index in [1.165, 1.54) is 0 Å². The number of H-pyrrole nitrogens is 1. The number of methoxy groups -OCH3 is 1. The lowest BCUT2D eigenvalue weighted by Gasteiger charge is -2.32. The van der Waals surface area contributed by atoms with Crippen LogP contribution in [0.1, 0.15) is 47.4 Å². The number of benzene rings is 1. The lowest BCUT2D eigenvalue weighted by molar-refractivity contribution is 0.0704. The second-order valence-electron chi connectivity index (χ2n) is 7.66. The summed E-state index contributed by atoms with van der Waals surface area (Å²) in [5.74, 6) is 1.19. The predicted octanol–water partition coefficient (Wildman–Crippen LogP) is 3.85. The molecular weight excluding hydrogens is 418 g/mol. The van der Waals surface area contributed by atoms with Crippen LogP contribution in [0, 0.1) is 5.41 Å². The van der Waals surface area contributed by atoms with Crippen molar-refractivity contribution in [3.8, 4) is 5.75 Å². The van der Waals surface area contributed by atoms with Crippen LogP contribution in [0.15, 0.2) is 65.6 Å². The number of ether oxygens (including phenoxy) is 1. The zero-order valence-corrected chi connectivity index (χ0v) is 18.9. The average Bonchev–Trinajstić information content (AvgIpc) is 2.85. The normalized spacial score (nSPS) is 16.5. The fourth-order valence-electron chi connectivity index (χ4n) is 3.74. The second-order valence-corrected chi connectivity index (χ2v) is 7.66. The minimum absolute atomic E-state index is 0.0846. The van der Waals surface area contributed by atoms with Crippen LogP contribution in [0.2, 0.25) is 0 Å². The van der Waals surface area contributed by atoms with Crippen LogP contribution in [0.4, 0.5) is 5.82 Å². The van der Waals surface area contributed by atoms with Gasteiger partial charge in [-0.3, -0.25) is 9.59 Å². The van der Waals surface area contributed by atoms with Crippen LogP contribution >= 0.6 is 0 Å². The van der Waals surface area contributed by atoms with Crippen molar-refractivity contribution in [3.05, 3.63) is 88.2 Å². The third kappa shape index (κ3) is 5.65. The molecule has 2 heterocycles. The van der Waals surface area contributed by atoms with Gasteiger partial charge in [-0.15, -0.1) is 0 Å². The third-order valence-corrected chi connectivity index (χ3v) is 5.48. The van der Waals surface area contributed by atoms with E-state index < -0.39 is 5.56 Å². The molecule has 0 aliphatic carbocycles. The van der Waals surface area contributed by atoms with E-state index in [1.807, 2.05) is 19.1 Å². The Labute approximate surface area is 193 Å². The molecule has 1 atom stereocenters. The number of rotatable bonds is 8. The topological polar surface area (TPSA) is 111 Å². The molecule has 1 saturated heterocycles. The van der Waals surface area contributed by atoms with Gasteiger partial charge in [-0.1, -0.05) is 24.8 Å². The van der Waals surface area contributed by atoms with Crippen LogP contribution in [-0.2, 0) is 0 Å². The maximum atomic E-state index is 13.1. The molecular formula is C25H29N5O3. The first-order valence-corrected chi connectivity index (χ1v) is 10.8. The Kier molecular flexibility index (Phi) is 7.96. The number of likely N-dealkylation sites (tertiary alicyclic amines) is 1. The highest BCUT2D eigenvalue weighted by Gasteiger charge is 2.28. The standard InChI is InChI=1S/C25H29N5O3/c1-4-6-11-19(5-2)27-23-21(15-26)24(31)29-22(28-23)18-10-8-13-30(16-18)25(32)17-9-7-12-20(14-17)33-3/h4-7,9,11-12,14-15,18,26H,2,8,10,13,16H2,1,3H3,(H2,27,28,29,31)/b6-4-,19-11+,26-15?. The minimum Gasteiger partial charge on any atom is -0.497 e. The van der Waals surface area contributed by atoms with E-state index >= 15 is 0 Å². The van der Waals surface area contributed by atoms with Gasteiger partial charge in [-0.05, 0) is 50.1 Å². The lowest BCUT2D eigenvalue weighted by Crippen LogP contribution is -2.40. The SMILES string of the molecule is C=C/C(=C\C=C/C)Nc1nc(C2CCCN(C(=O)c3cccc(OC)c3)C2)[nH]c(=O)c1C=N. The molecule has 8 heteroatoms. The van der Waals surface area contributed by atoms with E-state index in [0.717, 1.165) is 19.1 Å². The van der Waals surface area contributed by atoms with Gasteiger partial charge >= 0.3 is 0 Å². The number of carbonyl (C=O) groups excluding carboxylic acids is 1. The highest BCUT2D eigenvalue weighted by Crippen LogP contribution is 2.27. The third-order valence-electron chi connectivity index (χ3n) is 5.48. The molecule has 3 N–H and O–H groups in total. The predicted molar refractivity (Wildman–Crippen MR) is 130 cm³/mol. The highest BCUT2D eigenvalue weighted by atomic mass is 16.5. The Balaban J connectivity index is 1.88. The minimum atomic E-state index is -0.400. The van der Waals surface area contributed by atoms with Crippen LogP contribution < -0.4 is 15.6 Å². The summed E-state index contributed by atoms with van der Waals surface area (Å²) in [5.41, 5.74) is 0.941. The van der Waals surface area contributed by atoms with Gasteiger partial charge < -0.3 is 25.3 Å². The summed E-state index contributed by atoms with van der Waals surface area (Å²) >= 11 is 0. The summed E-state index contributed by atoms with van der Waals surface area (Å²) in [6.07, 6.45) is 9.69. The molecule has 1 aliphatic rings. The van der Waals surface area contributed by atoms with E-state index in [1.54, 1.807) is 48.4 Å². The van der Waals surface area contributed by atoms with Gasteiger partial charge in [0, 0.05) is 36.5 Å². The first-order valence-electron chi connectivity index (χ1n) is 10.8. The zero-order valence-electron chi connectivity index (χ0n) is 18.9. The lowest BCUT2D eigenvalue weighted by atomic mass is 9.96. The van der Waals surface area contributed by atoms with Crippen molar-refractivity contribution in [1.82, 2.24) is 14.9 Å². The maximum absolute atomic E-state index is 13.1. The number of hydrogen-bond acceptors (Lipinski definition) is 6. The molecule has 0 radical (unpaired) electrons. The number of nitrogens with one attached hydrogen (secondary N) is 3. The zero-order chi connectivity index (χ0) is 23.8. The Bertz CT molecular complexity index is 1150. The van der Waals surface area contributed by atoms with E-state index in [9.17, 15) is 9.59 Å². The van der Waals surface area contributed by atoms with Crippen molar-refractivity contribution in [1.29, 1.82) is 5.41 Å². The van der Waals surface area contributed by atoms with Crippen molar-refractivity contribution >= 4 is 17.9 Å². The summed E-state index contributed by atoms with van der Waals surface area (Å²) in [6.45, 7) is 6.74. The van der Waals surface area contributed by atoms with E-state index in [2.05, 4.69) is 21.9 Å². The molecule has 1 aromatic heterocycles. The highest BCUT2D eigenvalue weighted by molar-refractivity contribution is 5.94.